The molecule has 0 radical (unpaired) electrons. The van der Waals surface area contributed by atoms with Crippen molar-refractivity contribution in [3.05, 3.63) is 107 Å². The number of amides is 1. The predicted molar refractivity (Wildman–Crippen MR) is 131 cm³/mol. The molecule has 9 heteroatoms. The Balaban J connectivity index is 0.00000336. The second-order valence-corrected chi connectivity index (χ2v) is 10.0. The SMILES string of the molecule is O=C(N[C@H]1C[N+]2(CC(=O)c3ccc(F)cc3)CCC1CC2)OC(c1cccc(F)c1)c1cccc(F)c1.[Br-]. The van der Waals surface area contributed by atoms with Crippen molar-refractivity contribution >= 4 is 11.9 Å². The number of quaternary nitrogens is 1. The van der Waals surface area contributed by atoms with Crippen LogP contribution in [0, 0.1) is 23.4 Å². The number of alkyl carbamates (subject to hydrolysis) is 1. The molecule has 3 aromatic carbocycles. The number of carbonyl (C=O) groups excluding carboxylic acids is 2. The van der Waals surface area contributed by atoms with Crippen LogP contribution >= 0.6 is 0 Å². The van der Waals surface area contributed by atoms with Crippen LogP contribution in [0.3, 0.4) is 0 Å². The van der Waals surface area contributed by atoms with Gasteiger partial charge in [0.25, 0.3) is 0 Å². The van der Waals surface area contributed by atoms with E-state index in [4.69, 9.17) is 4.74 Å². The third-order valence-electron chi connectivity index (χ3n) is 7.58. The summed E-state index contributed by atoms with van der Waals surface area (Å²) in [4.78, 5) is 26.0. The van der Waals surface area contributed by atoms with Crippen molar-refractivity contribution < 1.29 is 49.0 Å². The van der Waals surface area contributed by atoms with Gasteiger partial charge in [0.1, 0.15) is 24.0 Å². The van der Waals surface area contributed by atoms with Crippen molar-refractivity contribution in [3.8, 4) is 0 Å². The minimum atomic E-state index is -0.990. The number of halogens is 4. The van der Waals surface area contributed by atoms with E-state index >= 15 is 0 Å². The number of ketones is 1. The average molecular weight is 589 g/mol. The zero-order chi connectivity index (χ0) is 26.0. The minimum Gasteiger partial charge on any atom is -1.00 e. The van der Waals surface area contributed by atoms with Gasteiger partial charge in [-0.3, -0.25) is 4.79 Å². The van der Waals surface area contributed by atoms with Gasteiger partial charge in [-0.1, -0.05) is 24.3 Å². The zero-order valence-electron chi connectivity index (χ0n) is 20.6. The van der Waals surface area contributed by atoms with Crippen LogP contribution in [0.4, 0.5) is 18.0 Å². The quantitative estimate of drug-likeness (QED) is 0.341. The van der Waals surface area contributed by atoms with E-state index in [-0.39, 0.29) is 47.1 Å². The normalized spacial score (nSPS) is 22.0. The number of carbonyl (C=O) groups is 2. The van der Waals surface area contributed by atoms with Gasteiger partial charge in [-0.05, 0) is 65.6 Å². The van der Waals surface area contributed by atoms with E-state index in [9.17, 15) is 22.8 Å². The molecular weight excluding hydrogens is 561 g/mol. The van der Waals surface area contributed by atoms with Gasteiger partial charge in [0.2, 0.25) is 5.78 Å². The highest BCUT2D eigenvalue weighted by Crippen LogP contribution is 2.35. The molecule has 6 rings (SSSR count). The Bertz CT molecular complexity index is 1250. The lowest BCUT2D eigenvalue weighted by molar-refractivity contribution is -0.936. The Morgan fingerprint density at radius 3 is 2.00 bits per heavy atom. The lowest BCUT2D eigenvalue weighted by atomic mass is 9.81. The second kappa shape index (κ2) is 11.7. The number of ether oxygens (including phenoxy) is 1. The Kier molecular flexibility index (Phi) is 8.57. The molecule has 1 amide bonds. The Morgan fingerprint density at radius 1 is 0.868 bits per heavy atom. The molecule has 3 fully saturated rings. The minimum absolute atomic E-state index is 0. The van der Waals surface area contributed by atoms with Gasteiger partial charge in [-0.25, -0.2) is 18.0 Å². The maximum atomic E-state index is 13.9. The molecule has 3 aliphatic heterocycles. The highest BCUT2D eigenvalue weighted by atomic mass is 79.9. The van der Waals surface area contributed by atoms with Gasteiger partial charge in [-0.2, -0.15) is 0 Å². The topological polar surface area (TPSA) is 55.4 Å². The fourth-order valence-corrected chi connectivity index (χ4v) is 5.66. The first-order chi connectivity index (χ1) is 17.8. The maximum absolute atomic E-state index is 13.9. The van der Waals surface area contributed by atoms with Crippen LogP contribution in [0.15, 0.2) is 72.8 Å². The summed E-state index contributed by atoms with van der Waals surface area (Å²) in [6, 6.07) is 16.7. The Labute approximate surface area is 230 Å². The number of Topliss-reactive ketones (excluding diaryl/α,β-unsaturated/α-hetero) is 1. The summed E-state index contributed by atoms with van der Waals surface area (Å²) in [5.74, 6) is -1.16. The molecule has 1 N–H and O–H groups in total. The van der Waals surface area contributed by atoms with E-state index < -0.39 is 23.8 Å². The monoisotopic (exact) mass is 588 g/mol. The summed E-state index contributed by atoms with van der Waals surface area (Å²) in [5, 5.41) is 2.97. The Morgan fingerprint density at radius 2 is 1.45 bits per heavy atom. The third-order valence-corrected chi connectivity index (χ3v) is 7.58. The van der Waals surface area contributed by atoms with Crippen molar-refractivity contribution in [1.82, 2.24) is 5.32 Å². The van der Waals surface area contributed by atoms with Crippen molar-refractivity contribution in [1.29, 1.82) is 0 Å². The maximum Gasteiger partial charge on any atom is 0.408 e. The van der Waals surface area contributed by atoms with Crippen molar-refractivity contribution in [2.75, 3.05) is 26.2 Å². The summed E-state index contributed by atoms with van der Waals surface area (Å²) in [6.07, 6.45) is 0.0496. The number of nitrogens with zero attached hydrogens (tertiary/aromatic N) is 1. The van der Waals surface area contributed by atoms with Gasteiger partial charge in [0.05, 0.1) is 25.7 Å². The largest absolute Gasteiger partial charge is 1.00 e. The molecule has 5 nitrogen and oxygen atoms in total. The molecule has 38 heavy (non-hydrogen) atoms. The molecule has 3 saturated heterocycles. The van der Waals surface area contributed by atoms with Gasteiger partial charge < -0.3 is 31.5 Å². The number of rotatable bonds is 7. The van der Waals surface area contributed by atoms with Crippen molar-refractivity contribution in [2.24, 2.45) is 5.92 Å². The lowest BCUT2D eigenvalue weighted by Crippen LogP contribution is -3.00. The summed E-state index contributed by atoms with van der Waals surface area (Å²) < 4.78 is 47.5. The van der Waals surface area contributed by atoms with E-state index in [1.54, 1.807) is 12.1 Å². The van der Waals surface area contributed by atoms with Crippen molar-refractivity contribution in [3.63, 3.8) is 0 Å². The molecule has 3 aliphatic rings. The molecule has 3 heterocycles. The molecule has 3 aromatic rings. The van der Waals surface area contributed by atoms with Crippen LogP contribution in [0.25, 0.3) is 0 Å². The highest BCUT2D eigenvalue weighted by Gasteiger charge is 2.47. The molecular formula is C29H28BrF3N2O3. The summed E-state index contributed by atoms with van der Waals surface area (Å²) >= 11 is 0. The summed E-state index contributed by atoms with van der Waals surface area (Å²) in [5.41, 5.74) is 1.25. The standard InChI is InChI=1S/C29H27F3N2O3.BrH/c30-23-9-7-20(8-10-23)27(35)18-34-13-11-19(12-14-34)26(17-34)33-29(36)37-28(21-3-1-5-24(31)15-21)22-4-2-6-25(32)16-22;/h1-10,15-16,19,26,28H,11-14,17-18H2;1H/t19?,26-,34?;/m0./s1. The highest BCUT2D eigenvalue weighted by molar-refractivity contribution is 5.97. The Hall–Kier alpha value is -3.17. The molecule has 0 spiro atoms. The van der Waals surface area contributed by atoms with Gasteiger partial charge in [0, 0.05) is 18.4 Å². The van der Waals surface area contributed by atoms with Gasteiger partial charge in [-0.15, -0.1) is 0 Å². The lowest BCUT2D eigenvalue weighted by Gasteiger charge is -2.52. The number of hydrogen-bond acceptors (Lipinski definition) is 3. The second-order valence-electron chi connectivity index (χ2n) is 10.0. The van der Waals surface area contributed by atoms with E-state index in [1.807, 2.05) is 0 Å². The van der Waals surface area contributed by atoms with Crippen LogP contribution < -0.4 is 22.3 Å². The van der Waals surface area contributed by atoms with Gasteiger partial charge >= 0.3 is 6.09 Å². The average Bonchev–Trinajstić information content (AvgIpc) is 2.88. The molecule has 0 unspecified atom stereocenters. The molecule has 0 saturated carbocycles. The van der Waals surface area contributed by atoms with Crippen LogP contribution in [-0.2, 0) is 4.74 Å². The van der Waals surface area contributed by atoms with Crippen LogP contribution in [0.2, 0.25) is 0 Å². The van der Waals surface area contributed by atoms with E-state index in [2.05, 4.69) is 5.32 Å². The molecule has 0 aliphatic carbocycles. The fourth-order valence-electron chi connectivity index (χ4n) is 5.66. The molecule has 2 bridgehead atoms. The van der Waals surface area contributed by atoms with Crippen LogP contribution in [0.1, 0.15) is 40.4 Å². The molecule has 1 atom stereocenters. The summed E-state index contributed by atoms with van der Waals surface area (Å²) in [7, 11) is 0. The van der Waals surface area contributed by atoms with Gasteiger partial charge in [0.15, 0.2) is 6.10 Å². The first-order valence-electron chi connectivity index (χ1n) is 12.4. The number of hydrogen-bond donors (Lipinski definition) is 1. The smallest absolute Gasteiger partial charge is 0.408 e. The first kappa shape index (κ1) is 27.9. The fraction of sp³-hybridized carbons (Fsp3) is 0.310. The predicted octanol–water partition coefficient (Wildman–Crippen LogP) is 2.42. The van der Waals surface area contributed by atoms with E-state index in [0.717, 1.165) is 25.9 Å². The van der Waals surface area contributed by atoms with Crippen LogP contribution in [0.5, 0.6) is 0 Å². The molecule has 200 valence electrons. The zero-order valence-corrected chi connectivity index (χ0v) is 22.2. The van der Waals surface area contributed by atoms with E-state index in [0.29, 0.717) is 27.7 Å². The first-order valence-corrected chi connectivity index (χ1v) is 12.4. The number of fused-ring (bicyclic) bond motifs is 3. The third kappa shape index (κ3) is 6.27. The molecule has 0 aromatic heterocycles. The summed E-state index contributed by atoms with van der Waals surface area (Å²) in [6.45, 7) is 2.53. The van der Waals surface area contributed by atoms with Crippen LogP contribution in [-0.4, -0.2) is 48.6 Å². The van der Waals surface area contributed by atoms with Crippen molar-refractivity contribution in [2.45, 2.75) is 25.0 Å². The number of nitrogens with one attached hydrogen (secondary N) is 1. The van der Waals surface area contributed by atoms with E-state index in [1.165, 1.54) is 60.7 Å². The number of benzene rings is 3. The number of piperidine rings is 3.